The first kappa shape index (κ1) is 21.4. The molecule has 0 aliphatic heterocycles. The van der Waals surface area contributed by atoms with Gasteiger partial charge in [-0.25, -0.2) is 4.68 Å². The second-order valence-electron chi connectivity index (χ2n) is 7.04. The molecule has 0 atom stereocenters. The first-order chi connectivity index (χ1) is 15.2. The predicted molar refractivity (Wildman–Crippen MR) is 110 cm³/mol. The van der Waals surface area contributed by atoms with Gasteiger partial charge in [0.05, 0.1) is 32.0 Å². The third-order valence-corrected chi connectivity index (χ3v) is 5.02. The number of aryl methyl sites for hydroxylation is 1. The van der Waals surface area contributed by atoms with Crippen LogP contribution in [0, 0.1) is 6.92 Å². The molecule has 7 nitrogen and oxygen atoms in total. The van der Waals surface area contributed by atoms with Crippen LogP contribution in [0.2, 0.25) is 0 Å². The fourth-order valence-corrected chi connectivity index (χ4v) is 3.37. The molecule has 0 unspecified atom stereocenters. The van der Waals surface area contributed by atoms with Crippen LogP contribution in [0.25, 0.3) is 22.2 Å². The Morgan fingerprint density at radius 3 is 2.41 bits per heavy atom. The average Bonchev–Trinajstić information content (AvgIpc) is 3.17. The highest BCUT2D eigenvalue weighted by Gasteiger charge is 2.30. The fraction of sp³-hybridized carbons (Fsp3) is 0.227. The second kappa shape index (κ2) is 8.03. The molecule has 0 spiro atoms. The van der Waals surface area contributed by atoms with E-state index in [4.69, 9.17) is 14.0 Å². The van der Waals surface area contributed by atoms with Gasteiger partial charge >= 0.3 is 6.18 Å². The van der Waals surface area contributed by atoms with Gasteiger partial charge in [-0.3, -0.25) is 4.79 Å². The lowest BCUT2D eigenvalue weighted by Crippen LogP contribution is -2.24. The van der Waals surface area contributed by atoms with E-state index in [2.05, 4.69) is 10.3 Å². The molecular weight excluding hydrogens is 427 g/mol. The summed E-state index contributed by atoms with van der Waals surface area (Å²) in [5.41, 5.74) is 0.670. The number of halogens is 3. The van der Waals surface area contributed by atoms with E-state index in [1.54, 1.807) is 25.1 Å². The van der Waals surface area contributed by atoms with E-state index in [0.29, 0.717) is 34.0 Å². The lowest BCUT2D eigenvalue weighted by Gasteiger charge is -2.13. The Balaban J connectivity index is 1.86. The van der Waals surface area contributed by atoms with Crippen molar-refractivity contribution in [3.8, 4) is 22.8 Å². The topological polar surface area (TPSA) is 79.4 Å². The Bertz CT molecular complexity index is 1340. The summed E-state index contributed by atoms with van der Waals surface area (Å²) in [5, 5.41) is 8.58. The SMILES string of the molecule is COc1ccc(-c2nn(Cc3ccc(C(F)(F)F)cc3)c(=O)c3c(C)noc23)c(OC)c1. The summed E-state index contributed by atoms with van der Waals surface area (Å²) in [7, 11) is 3.01. The molecule has 32 heavy (non-hydrogen) atoms. The summed E-state index contributed by atoms with van der Waals surface area (Å²) in [4.78, 5) is 13.0. The van der Waals surface area contributed by atoms with Gasteiger partial charge in [0.15, 0.2) is 0 Å². The fourth-order valence-electron chi connectivity index (χ4n) is 3.37. The summed E-state index contributed by atoms with van der Waals surface area (Å²) >= 11 is 0. The van der Waals surface area contributed by atoms with Gasteiger partial charge in [-0.05, 0) is 36.8 Å². The van der Waals surface area contributed by atoms with Crippen LogP contribution in [0.3, 0.4) is 0 Å². The lowest BCUT2D eigenvalue weighted by atomic mass is 10.1. The molecule has 0 N–H and O–H groups in total. The van der Waals surface area contributed by atoms with Crippen LogP contribution in [0.4, 0.5) is 13.2 Å². The highest BCUT2D eigenvalue weighted by molar-refractivity contribution is 5.92. The van der Waals surface area contributed by atoms with Gasteiger partial charge in [-0.2, -0.15) is 18.3 Å². The monoisotopic (exact) mass is 445 g/mol. The smallest absolute Gasteiger partial charge is 0.416 e. The molecule has 0 bridgehead atoms. The lowest BCUT2D eigenvalue weighted by molar-refractivity contribution is -0.137. The maximum Gasteiger partial charge on any atom is 0.416 e. The van der Waals surface area contributed by atoms with Crippen molar-refractivity contribution in [1.82, 2.24) is 14.9 Å². The molecule has 2 aromatic carbocycles. The maximum absolute atomic E-state index is 13.0. The van der Waals surface area contributed by atoms with Crippen LogP contribution >= 0.6 is 0 Å². The number of benzene rings is 2. The molecule has 2 aromatic heterocycles. The van der Waals surface area contributed by atoms with Crippen molar-refractivity contribution in [3.63, 3.8) is 0 Å². The predicted octanol–water partition coefficient (Wildman–Crippen LogP) is 4.44. The molecule has 0 saturated heterocycles. The third-order valence-electron chi connectivity index (χ3n) is 5.02. The molecule has 2 heterocycles. The first-order valence-electron chi connectivity index (χ1n) is 9.48. The van der Waals surface area contributed by atoms with Crippen LogP contribution in [0.5, 0.6) is 11.5 Å². The second-order valence-corrected chi connectivity index (χ2v) is 7.04. The summed E-state index contributed by atoms with van der Waals surface area (Å²) in [6.07, 6.45) is -4.44. The van der Waals surface area contributed by atoms with Crippen molar-refractivity contribution in [2.75, 3.05) is 14.2 Å². The number of alkyl halides is 3. The van der Waals surface area contributed by atoms with Crippen LogP contribution < -0.4 is 15.0 Å². The van der Waals surface area contributed by atoms with Gasteiger partial charge in [0.25, 0.3) is 5.56 Å². The average molecular weight is 445 g/mol. The maximum atomic E-state index is 13.0. The molecular formula is C22H18F3N3O4. The highest BCUT2D eigenvalue weighted by Crippen LogP contribution is 2.36. The Hall–Kier alpha value is -3.82. The zero-order valence-electron chi connectivity index (χ0n) is 17.4. The number of hydrogen-bond donors (Lipinski definition) is 0. The minimum atomic E-state index is -4.44. The minimum Gasteiger partial charge on any atom is -0.497 e. The van der Waals surface area contributed by atoms with Gasteiger partial charge < -0.3 is 14.0 Å². The van der Waals surface area contributed by atoms with Crippen LogP contribution in [-0.2, 0) is 12.7 Å². The van der Waals surface area contributed by atoms with E-state index in [-0.39, 0.29) is 17.5 Å². The van der Waals surface area contributed by atoms with E-state index in [9.17, 15) is 18.0 Å². The minimum absolute atomic E-state index is 0.0387. The standard InChI is InChI=1S/C22H18F3N3O4/c1-12-18-20(32-27-12)19(16-9-8-15(30-2)10-17(16)31-3)26-28(21(18)29)11-13-4-6-14(7-5-13)22(23,24)25/h4-10H,11H2,1-3H3. The Labute approximate surface area is 180 Å². The molecule has 0 aliphatic carbocycles. The van der Waals surface area contributed by atoms with Gasteiger partial charge in [-0.15, -0.1) is 0 Å². The van der Waals surface area contributed by atoms with Gasteiger partial charge in [0, 0.05) is 11.6 Å². The number of hydrogen-bond acceptors (Lipinski definition) is 6. The summed E-state index contributed by atoms with van der Waals surface area (Å²) in [6.45, 7) is 1.59. The summed E-state index contributed by atoms with van der Waals surface area (Å²) < 4.78 is 55.8. The van der Waals surface area contributed by atoms with Gasteiger partial charge in [0.2, 0.25) is 5.58 Å². The molecule has 0 amide bonds. The Kier molecular flexibility index (Phi) is 5.37. The Morgan fingerprint density at radius 1 is 1.06 bits per heavy atom. The van der Waals surface area contributed by atoms with Gasteiger partial charge in [-0.1, -0.05) is 17.3 Å². The van der Waals surface area contributed by atoms with Crippen LogP contribution in [-0.4, -0.2) is 29.2 Å². The van der Waals surface area contributed by atoms with Crippen molar-refractivity contribution in [3.05, 3.63) is 69.6 Å². The molecule has 0 fully saturated rings. The van der Waals surface area contributed by atoms with Crippen molar-refractivity contribution in [2.24, 2.45) is 0 Å². The number of ether oxygens (including phenoxy) is 2. The van der Waals surface area contributed by atoms with Crippen molar-refractivity contribution >= 4 is 11.0 Å². The highest BCUT2D eigenvalue weighted by atomic mass is 19.4. The van der Waals surface area contributed by atoms with Gasteiger partial charge in [0.1, 0.15) is 22.6 Å². The van der Waals surface area contributed by atoms with E-state index in [0.717, 1.165) is 12.1 Å². The van der Waals surface area contributed by atoms with E-state index in [1.165, 1.54) is 31.0 Å². The largest absolute Gasteiger partial charge is 0.497 e. The summed E-state index contributed by atoms with van der Waals surface area (Å²) in [5.74, 6) is 1.00. The molecule has 0 saturated carbocycles. The van der Waals surface area contributed by atoms with Crippen molar-refractivity contribution < 1.29 is 27.2 Å². The van der Waals surface area contributed by atoms with Crippen LogP contribution in [0.15, 0.2) is 51.8 Å². The van der Waals surface area contributed by atoms with Crippen molar-refractivity contribution in [1.29, 1.82) is 0 Å². The molecule has 10 heteroatoms. The summed E-state index contributed by atoms with van der Waals surface area (Å²) in [6, 6.07) is 9.65. The Morgan fingerprint density at radius 2 is 1.78 bits per heavy atom. The quantitative estimate of drug-likeness (QED) is 0.452. The van der Waals surface area contributed by atoms with E-state index in [1.807, 2.05) is 0 Å². The molecule has 0 radical (unpaired) electrons. The number of nitrogens with zero attached hydrogens (tertiary/aromatic N) is 3. The zero-order chi connectivity index (χ0) is 23.0. The normalized spacial score (nSPS) is 11.7. The number of methoxy groups -OCH3 is 2. The van der Waals surface area contributed by atoms with E-state index < -0.39 is 17.3 Å². The third kappa shape index (κ3) is 3.79. The molecule has 0 aliphatic rings. The molecule has 4 rings (SSSR count). The van der Waals surface area contributed by atoms with Crippen LogP contribution in [0.1, 0.15) is 16.8 Å². The van der Waals surface area contributed by atoms with Crippen molar-refractivity contribution in [2.45, 2.75) is 19.6 Å². The zero-order valence-corrected chi connectivity index (χ0v) is 17.4. The van der Waals surface area contributed by atoms with E-state index >= 15 is 0 Å². The first-order valence-corrected chi connectivity index (χ1v) is 9.48. The molecule has 4 aromatic rings. The number of fused-ring (bicyclic) bond motifs is 1. The molecule has 166 valence electrons. The number of rotatable bonds is 5. The number of aromatic nitrogens is 3.